The average molecular weight is 227 g/mol. The summed E-state index contributed by atoms with van der Waals surface area (Å²) in [5.41, 5.74) is 6.68. The van der Waals surface area contributed by atoms with Crippen molar-refractivity contribution in [1.82, 2.24) is 9.88 Å². The molecule has 1 aromatic rings. The molecule has 2 N–H and O–H groups in total. The molecule has 1 heterocycles. The number of nitrogens with two attached hydrogens (primary N) is 1. The average Bonchev–Trinajstić information content (AvgIpc) is 2.66. The van der Waals surface area contributed by atoms with E-state index in [4.69, 9.17) is 5.73 Å². The molecular weight excluding hydrogens is 206 g/mol. The minimum Gasteiger partial charge on any atom is -0.325 e. The fourth-order valence-corrected chi connectivity index (χ4v) is 2.23. The van der Waals surface area contributed by atoms with Gasteiger partial charge in [0, 0.05) is 24.5 Å². The van der Waals surface area contributed by atoms with Gasteiger partial charge in [0.2, 0.25) is 0 Å². The molecule has 86 valence electrons. The van der Waals surface area contributed by atoms with E-state index in [2.05, 4.69) is 36.2 Å². The Morgan fingerprint density at radius 3 is 2.87 bits per heavy atom. The minimum absolute atomic E-state index is 0.554. The highest BCUT2D eigenvalue weighted by Gasteiger charge is 2.10. The minimum atomic E-state index is 0.554. The van der Waals surface area contributed by atoms with Crippen molar-refractivity contribution in [2.75, 3.05) is 7.05 Å². The molecule has 1 unspecified atom stereocenters. The predicted octanol–water partition coefficient (Wildman–Crippen LogP) is 2.22. The summed E-state index contributed by atoms with van der Waals surface area (Å²) in [6.07, 6.45) is 2.47. The van der Waals surface area contributed by atoms with Crippen molar-refractivity contribution in [2.24, 2.45) is 5.73 Å². The fourth-order valence-electron chi connectivity index (χ4n) is 1.56. The van der Waals surface area contributed by atoms with Gasteiger partial charge in [-0.3, -0.25) is 4.90 Å². The zero-order valence-corrected chi connectivity index (χ0v) is 10.7. The van der Waals surface area contributed by atoms with Crippen molar-refractivity contribution in [3.63, 3.8) is 0 Å². The van der Waals surface area contributed by atoms with Gasteiger partial charge in [0.15, 0.2) is 0 Å². The van der Waals surface area contributed by atoms with Crippen molar-refractivity contribution in [2.45, 2.75) is 45.8 Å². The SMILES string of the molecule is CCCC(C)N(C)Cc1csc(CN)n1. The highest BCUT2D eigenvalue weighted by atomic mass is 32.1. The molecule has 0 aliphatic carbocycles. The summed E-state index contributed by atoms with van der Waals surface area (Å²) in [4.78, 5) is 6.81. The molecule has 3 nitrogen and oxygen atoms in total. The van der Waals surface area contributed by atoms with Crippen molar-refractivity contribution in [3.05, 3.63) is 16.1 Å². The van der Waals surface area contributed by atoms with E-state index in [9.17, 15) is 0 Å². The maximum atomic E-state index is 5.54. The second-order valence-electron chi connectivity index (χ2n) is 3.99. The van der Waals surface area contributed by atoms with Crippen LogP contribution in [0.1, 0.15) is 37.4 Å². The van der Waals surface area contributed by atoms with Crippen LogP contribution in [0.3, 0.4) is 0 Å². The Morgan fingerprint density at radius 2 is 2.33 bits per heavy atom. The summed E-state index contributed by atoms with van der Waals surface area (Å²) < 4.78 is 0. The third-order valence-corrected chi connectivity index (χ3v) is 3.56. The number of hydrogen-bond donors (Lipinski definition) is 1. The van der Waals surface area contributed by atoms with Crippen LogP contribution in [-0.4, -0.2) is 23.0 Å². The van der Waals surface area contributed by atoms with Crippen LogP contribution in [0.5, 0.6) is 0 Å². The normalized spacial score (nSPS) is 13.4. The number of nitrogens with zero attached hydrogens (tertiary/aromatic N) is 2. The lowest BCUT2D eigenvalue weighted by Crippen LogP contribution is -2.28. The molecular formula is C11H21N3S. The van der Waals surface area contributed by atoms with Gasteiger partial charge in [-0.05, 0) is 20.4 Å². The van der Waals surface area contributed by atoms with Gasteiger partial charge in [-0.15, -0.1) is 11.3 Å². The fraction of sp³-hybridized carbons (Fsp3) is 0.727. The maximum absolute atomic E-state index is 5.54. The van der Waals surface area contributed by atoms with Crippen molar-refractivity contribution < 1.29 is 0 Å². The molecule has 0 bridgehead atoms. The van der Waals surface area contributed by atoms with Gasteiger partial charge in [-0.25, -0.2) is 4.98 Å². The highest BCUT2D eigenvalue weighted by molar-refractivity contribution is 7.09. The van der Waals surface area contributed by atoms with E-state index in [0.717, 1.165) is 17.2 Å². The van der Waals surface area contributed by atoms with Crippen LogP contribution in [0.4, 0.5) is 0 Å². The van der Waals surface area contributed by atoms with Gasteiger partial charge in [0.05, 0.1) is 5.69 Å². The van der Waals surface area contributed by atoms with Gasteiger partial charge in [-0.2, -0.15) is 0 Å². The molecule has 0 spiro atoms. The molecule has 15 heavy (non-hydrogen) atoms. The zero-order valence-electron chi connectivity index (χ0n) is 9.86. The lowest BCUT2D eigenvalue weighted by molar-refractivity contribution is 0.234. The van der Waals surface area contributed by atoms with Crippen LogP contribution in [0.2, 0.25) is 0 Å². The third kappa shape index (κ3) is 3.89. The smallest absolute Gasteiger partial charge is 0.106 e. The van der Waals surface area contributed by atoms with E-state index in [1.165, 1.54) is 12.8 Å². The molecule has 0 fully saturated rings. The van der Waals surface area contributed by atoms with Gasteiger partial charge in [0.1, 0.15) is 5.01 Å². The Labute approximate surface area is 96.3 Å². The number of rotatable bonds is 6. The van der Waals surface area contributed by atoms with Crippen LogP contribution in [0.25, 0.3) is 0 Å². The zero-order chi connectivity index (χ0) is 11.3. The van der Waals surface area contributed by atoms with E-state index in [0.29, 0.717) is 12.6 Å². The molecule has 0 saturated heterocycles. The van der Waals surface area contributed by atoms with Crippen molar-refractivity contribution in [3.8, 4) is 0 Å². The Hall–Kier alpha value is -0.450. The molecule has 0 saturated carbocycles. The lowest BCUT2D eigenvalue weighted by Gasteiger charge is -2.23. The topological polar surface area (TPSA) is 42.1 Å². The predicted molar refractivity (Wildman–Crippen MR) is 65.8 cm³/mol. The van der Waals surface area contributed by atoms with Crippen LogP contribution in [0, 0.1) is 0 Å². The first-order valence-corrected chi connectivity index (χ1v) is 6.39. The first-order chi connectivity index (χ1) is 7.17. The molecule has 1 rings (SSSR count). The van der Waals surface area contributed by atoms with Crippen LogP contribution < -0.4 is 5.73 Å². The summed E-state index contributed by atoms with van der Waals surface area (Å²) in [7, 11) is 2.15. The Bertz CT molecular complexity index is 285. The van der Waals surface area contributed by atoms with Crippen molar-refractivity contribution in [1.29, 1.82) is 0 Å². The summed E-state index contributed by atoms with van der Waals surface area (Å²) in [5.74, 6) is 0. The molecule has 0 aliphatic rings. The molecule has 1 atom stereocenters. The third-order valence-electron chi connectivity index (χ3n) is 2.64. The van der Waals surface area contributed by atoms with Crippen LogP contribution >= 0.6 is 11.3 Å². The number of hydrogen-bond acceptors (Lipinski definition) is 4. The Kier molecular flexibility index (Phi) is 5.22. The van der Waals surface area contributed by atoms with Crippen LogP contribution in [-0.2, 0) is 13.1 Å². The first kappa shape index (κ1) is 12.6. The largest absolute Gasteiger partial charge is 0.325 e. The molecule has 4 heteroatoms. The highest BCUT2D eigenvalue weighted by Crippen LogP contribution is 2.13. The quantitative estimate of drug-likeness (QED) is 0.810. The second kappa shape index (κ2) is 6.20. The van der Waals surface area contributed by atoms with E-state index in [-0.39, 0.29) is 0 Å². The maximum Gasteiger partial charge on any atom is 0.106 e. The van der Waals surface area contributed by atoms with Crippen molar-refractivity contribution >= 4 is 11.3 Å². The summed E-state index contributed by atoms with van der Waals surface area (Å²) in [6, 6.07) is 0.623. The van der Waals surface area contributed by atoms with Crippen LogP contribution in [0.15, 0.2) is 5.38 Å². The summed E-state index contributed by atoms with van der Waals surface area (Å²) in [6.45, 7) is 5.97. The van der Waals surface area contributed by atoms with E-state index in [1.54, 1.807) is 11.3 Å². The van der Waals surface area contributed by atoms with Gasteiger partial charge >= 0.3 is 0 Å². The first-order valence-electron chi connectivity index (χ1n) is 5.51. The molecule has 0 aromatic carbocycles. The standard InChI is InChI=1S/C11H21N3S/c1-4-5-9(2)14(3)7-10-8-15-11(6-12)13-10/h8-9H,4-7,12H2,1-3H3. The molecule has 0 radical (unpaired) electrons. The van der Waals surface area contributed by atoms with Gasteiger partial charge < -0.3 is 5.73 Å². The monoisotopic (exact) mass is 227 g/mol. The Balaban J connectivity index is 2.46. The van der Waals surface area contributed by atoms with E-state index >= 15 is 0 Å². The van der Waals surface area contributed by atoms with Gasteiger partial charge in [0.25, 0.3) is 0 Å². The van der Waals surface area contributed by atoms with E-state index < -0.39 is 0 Å². The van der Waals surface area contributed by atoms with Gasteiger partial charge in [-0.1, -0.05) is 13.3 Å². The molecule has 0 aliphatic heterocycles. The lowest BCUT2D eigenvalue weighted by atomic mass is 10.2. The molecule has 1 aromatic heterocycles. The Morgan fingerprint density at radius 1 is 1.60 bits per heavy atom. The second-order valence-corrected chi connectivity index (χ2v) is 4.93. The van der Waals surface area contributed by atoms with E-state index in [1.807, 2.05) is 0 Å². The number of aromatic nitrogens is 1. The summed E-state index contributed by atoms with van der Waals surface area (Å²) in [5, 5.41) is 3.14. The summed E-state index contributed by atoms with van der Waals surface area (Å²) >= 11 is 1.65. The molecule has 0 amide bonds. The number of thiazole rings is 1.